The molecule has 0 aromatic heterocycles. The quantitative estimate of drug-likeness (QED) is 0.469. The summed E-state index contributed by atoms with van der Waals surface area (Å²) < 4.78 is 1.29. The Kier molecular flexibility index (Phi) is 4.29. The molecule has 1 nitrogen and oxygen atoms in total. The van der Waals surface area contributed by atoms with Crippen LogP contribution in [0.15, 0.2) is 24.3 Å². The van der Waals surface area contributed by atoms with Gasteiger partial charge in [0.2, 0.25) is 0 Å². The Morgan fingerprint density at radius 3 is 2.75 bits per heavy atom. The number of unbranched alkanes of at least 4 members (excludes halogenated alkanes) is 1. The molecule has 0 aliphatic heterocycles. The summed E-state index contributed by atoms with van der Waals surface area (Å²) in [4.78, 5) is 10.1. The smallest absolute Gasteiger partial charge is 0.120 e. The van der Waals surface area contributed by atoms with Crippen molar-refractivity contribution in [1.29, 1.82) is 0 Å². The summed E-state index contributed by atoms with van der Waals surface area (Å²) in [6.07, 6.45) is 3.63. The summed E-state index contributed by atoms with van der Waals surface area (Å²) in [6.45, 7) is 0. The van der Waals surface area contributed by atoms with Crippen molar-refractivity contribution in [3.8, 4) is 0 Å². The highest BCUT2D eigenvalue weighted by Gasteiger charge is 1.96. The molecule has 1 aromatic rings. The van der Waals surface area contributed by atoms with Gasteiger partial charge in [-0.05, 0) is 47.1 Å². The van der Waals surface area contributed by atoms with E-state index in [0.717, 1.165) is 19.1 Å². The van der Waals surface area contributed by atoms with Crippen LogP contribution in [0.4, 0.5) is 0 Å². The third-order valence-electron chi connectivity index (χ3n) is 1.73. The van der Waals surface area contributed by atoms with Gasteiger partial charge in [0.1, 0.15) is 6.29 Å². The molecular weight excluding hydrogens is 263 g/mol. The monoisotopic (exact) mass is 274 g/mol. The van der Waals surface area contributed by atoms with Gasteiger partial charge in [-0.1, -0.05) is 18.2 Å². The number of hydrogen-bond acceptors (Lipinski definition) is 1. The molecule has 0 amide bonds. The number of aryl methyl sites for hydroxylation is 1. The molecule has 0 aliphatic rings. The standard InChI is InChI=1S/C10H11IO/c11-10-7-2-1-5-9(10)6-3-4-8-12/h1-2,5,7-8H,3-4,6H2. The Hall–Kier alpha value is -0.380. The maximum Gasteiger partial charge on any atom is 0.120 e. The van der Waals surface area contributed by atoms with Crippen molar-refractivity contribution in [2.45, 2.75) is 19.3 Å². The maximum absolute atomic E-state index is 10.1. The van der Waals surface area contributed by atoms with E-state index in [1.54, 1.807) is 0 Å². The minimum absolute atomic E-state index is 0.672. The highest BCUT2D eigenvalue weighted by molar-refractivity contribution is 14.1. The Labute approximate surface area is 86.3 Å². The molecule has 12 heavy (non-hydrogen) atoms. The van der Waals surface area contributed by atoms with Gasteiger partial charge in [-0.15, -0.1) is 0 Å². The van der Waals surface area contributed by atoms with Crippen LogP contribution in [-0.2, 0) is 11.2 Å². The minimum atomic E-state index is 0.672. The first-order chi connectivity index (χ1) is 5.84. The molecule has 0 fully saturated rings. The highest BCUT2D eigenvalue weighted by atomic mass is 127. The first kappa shape index (κ1) is 9.71. The fraction of sp³-hybridized carbons (Fsp3) is 0.300. The van der Waals surface area contributed by atoms with Gasteiger partial charge in [-0.2, -0.15) is 0 Å². The number of halogens is 1. The summed E-state index contributed by atoms with van der Waals surface area (Å²) in [5.41, 5.74) is 1.35. The van der Waals surface area contributed by atoms with E-state index in [1.165, 1.54) is 9.13 Å². The largest absolute Gasteiger partial charge is 0.303 e. The van der Waals surface area contributed by atoms with Crippen molar-refractivity contribution in [1.82, 2.24) is 0 Å². The lowest BCUT2D eigenvalue weighted by molar-refractivity contribution is -0.107. The third-order valence-corrected chi connectivity index (χ3v) is 2.78. The van der Waals surface area contributed by atoms with Crippen LogP contribution in [0.2, 0.25) is 0 Å². The lowest BCUT2D eigenvalue weighted by Crippen LogP contribution is -1.89. The van der Waals surface area contributed by atoms with Gasteiger partial charge in [0, 0.05) is 9.99 Å². The van der Waals surface area contributed by atoms with Crippen LogP contribution in [0.5, 0.6) is 0 Å². The number of aldehydes is 1. The van der Waals surface area contributed by atoms with Crippen molar-refractivity contribution < 1.29 is 4.79 Å². The SMILES string of the molecule is O=CCCCc1ccccc1I. The second-order valence-corrected chi connectivity index (χ2v) is 3.81. The van der Waals surface area contributed by atoms with Crippen LogP contribution >= 0.6 is 22.6 Å². The molecule has 0 aliphatic carbocycles. The van der Waals surface area contributed by atoms with E-state index in [9.17, 15) is 4.79 Å². The van der Waals surface area contributed by atoms with Crippen LogP contribution < -0.4 is 0 Å². The lowest BCUT2D eigenvalue weighted by Gasteiger charge is -2.01. The molecule has 0 saturated carbocycles. The van der Waals surface area contributed by atoms with Crippen LogP contribution in [0.1, 0.15) is 18.4 Å². The molecule has 0 saturated heterocycles. The van der Waals surface area contributed by atoms with Gasteiger partial charge >= 0.3 is 0 Å². The van der Waals surface area contributed by atoms with E-state index >= 15 is 0 Å². The van der Waals surface area contributed by atoms with Crippen molar-refractivity contribution in [3.05, 3.63) is 33.4 Å². The van der Waals surface area contributed by atoms with E-state index < -0.39 is 0 Å². The highest BCUT2D eigenvalue weighted by Crippen LogP contribution is 2.13. The average Bonchev–Trinajstić information content (AvgIpc) is 2.09. The van der Waals surface area contributed by atoms with E-state index in [2.05, 4.69) is 34.7 Å². The summed E-state index contributed by atoms with van der Waals surface area (Å²) in [5, 5.41) is 0. The Bertz CT molecular complexity index is 258. The van der Waals surface area contributed by atoms with Gasteiger partial charge in [-0.25, -0.2) is 0 Å². The van der Waals surface area contributed by atoms with E-state index in [-0.39, 0.29) is 0 Å². The number of carbonyl (C=O) groups is 1. The van der Waals surface area contributed by atoms with Gasteiger partial charge in [0.05, 0.1) is 0 Å². The molecule has 64 valence electrons. The van der Waals surface area contributed by atoms with Crippen LogP contribution in [-0.4, -0.2) is 6.29 Å². The molecule has 1 rings (SSSR count). The molecule has 0 heterocycles. The summed E-state index contributed by atoms with van der Waals surface area (Å²) in [7, 11) is 0. The minimum Gasteiger partial charge on any atom is -0.303 e. The predicted molar refractivity (Wildman–Crippen MR) is 58.2 cm³/mol. The number of carbonyl (C=O) groups excluding carboxylic acids is 1. The molecular formula is C10H11IO. The second kappa shape index (κ2) is 5.30. The molecule has 1 aromatic carbocycles. The summed E-state index contributed by atoms with van der Waals surface area (Å²) in [5.74, 6) is 0. The summed E-state index contributed by atoms with van der Waals surface area (Å²) >= 11 is 2.32. The topological polar surface area (TPSA) is 17.1 Å². The van der Waals surface area contributed by atoms with Crippen LogP contribution in [0.25, 0.3) is 0 Å². The van der Waals surface area contributed by atoms with Gasteiger partial charge in [-0.3, -0.25) is 0 Å². The van der Waals surface area contributed by atoms with Gasteiger partial charge in [0.25, 0.3) is 0 Å². The molecule has 2 heteroatoms. The van der Waals surface area contributed by atoms with Crippen LogP contribution in [0.3, 0.4) is 0 Å². The van der Waals surface area contributed by atoms with Crippen molar-refractivity contribution in [2.24, 2.45) is 0 Å². The second-order valence-electron chi connectivity index (χ2n) is 2.65. The third kappa shape index (κ3) is 2.93. The fourth-order valence-corrected chi connectivity index (χ4v) is 1.73. The molecule has 0 bridgehead atoms. The van der Waals surface area contributed by atoms with Crippen LogP contribution in [0, 0.1) is 3.57 Å². The molecule has 0 spiro atoms. The predicted octanol–water partition coefficient (Wildman–Crippen LogP) is 2.81. The van der Waals surface area contributed by atoms with E-state index in [0.29, 0.717) is 6.42 Å². The van der Waals surface area contributed by atoms with Crippen molar-refractivity contribution in [3.63, 3.8) is 0 Å². The Balaban J connectivity index is 2.51. The Morgan fingerprint density at radius 1 is 1.33 bits per heavy atom. The zero-order valence-electron chi connectivity index (χ0n) is 6.79. The zero-order valence-corrected chi connectivity index (χ0v) is 8.95. The summed E-state index contributed by atoms with van der Waals surface area (Å²) in [6, 6.07) is 8.28. The van der Waals surface area contributed by atoms with Gasteiger partial charge < -0.3 is 4.79 Å². The number of benzene rings is 1. The normalized spacial score (nSPS) is 9.75. The molecule has 0 atom stereocenters. The number of rotatable bonds is 4. The van der Waals surface area contributed by atoms with E-state index in [1.807, 2.05) is 12.1 Å². The molecule has 0 radical (unpaired) electrons. The van der Waals surface area contributed by atoms with E-state index in [4.69, 9.17) is 0 Å². The lowest BCUT2D eigenvalue weighted by atomic mass is 10.1. The van der Waals surface area contributed by atoms with Crippen molar-refractivity contribution >= 4 is 28.9 Å². The zero-order chi connectivity index (χ0) is 8.81. The first-order valence-electron chi connectivity index (χ1n) is 4.01. The Morgan fingerprint density at radius 2 is 2.08 bits per heavy atom. The van der Waals surface area contributed by atoms with Gasteiger partial charge in [0.15, 0.2) is 0 Å². The first-order valence-corrected chi connectivity index (χ1v) is 5.09. The fourth-order valence-electron chi connectivity index (χ4n) is 1.08. The maximum atomic E-state index is 10.1. The molecule has 0 unspecified atom stereocenters. The van der Waals surface area contributed by atoms with Crippen molar-refractivity contribution in [2.75, 3.05) is 0 Å². The number of hydrogen-bond donors (Lipinski definition) is 0. The average molecular weight is 274 g/mol. The molecule has 0 N–H and O–H groups in total.